The second-order valence-corrected chi connectivity index (χ2v) is 5.86. The van der Waals surface area contributed by atoms with Crippen LogP contribution in [0.15, 0.2) is 12.5 Å². The Kier molecular flexibility index (Phi) is 7.81. The third-order valence-corrected chi connectivity index (χ3v) is 3.91. The molecule has 1 atom stereocenters. The summed E-state index contributed by atoms with van der Waals surface area (Å²) in [5.74, 6) is 0.0789. The molecule has 18 heavy (non-hydrogen) atoms. The van der Waals surface area contributed by atoms with Crippen LogP contribution in [0.25, 0.3) is 0 Å². The lowest BCUT2D eigenvalue weighted by Gasteiger charge is -2.23. The molecule has 1 rings (SSSR count). The Morgan fingerprint density at radius 1 is 1.44 bits per heavy atom. The van der Waals surface area contributed by atoms with Crippen LogP contribution in [-0.4, -0.2) is 56.2 Å². The molecule has 0 fully saturated rings. The molecule has 0 aliphatic rings. The number of nitrogens with one attached hydrogen (secondary N) is 2. The summed E-state index contributed by atoms with van der Waals surface area (Å²) in [5, 5.41) is 0. The van der Waals surface area contributed by atoms with E-state index in [9.17, 15) is 8.42 Å². The molecule has 106 valence electrons. The van der Waals surface area contributed by atoms with Gasteiger partial charge in [-0.15, -0.1) is 0 Å². The van der Waals surface area contributed by atoms with Crippen molar-refractivity contribution >= 4 is 10.0 Å². The molecular formula is C11H24N4O2S. The number of hydrogen-bond donors (Lipinski definition) is 2. The van der Waals surface area contributed by atoms with Gasteiger partial charge in [-0.1, -0.05) is 13.8 Å². The van der Waals surface area contributed by atoms with Crippen molar-refractivity contribution in [2.45, 2.75) is 26.3 Å². The van der Waals surface area contributed by atoms with E-state index < -0.39 is 10.0 Å². The third kappa shape index (κ3) is 6.13. The van der Waals surface area contributed by atoms with Crippen molar-refractivity contribution in [1.82, 2.24) is 19.6 Å². The van der Waals surface area contributed by atoms with Gasteiger partial charge in [0.1, 0.15) is 0 Å². The molecule has 0 radical (unpaired) electrons. The minimum atomic E-state index is -3.19. The molecule has 0 bridgehead atoms. The zero-order valence-corrected chi connectivity index (χ0v) is 12.6. The van der Waals surface area contributed by atoms with Gasteiger partial charge >= 0.3 is 0 Å². The van der Waals surface area contributed by atoms with Crippen LogP contribution >= 0.6 is 0 Å². The molecule has 0 saturated carbocycles. The molecule has 0 aliphatic heterocycles. The summed E-state index contributed by atoms with van der Waals surface area (Å²) in [4.78, 5) is 8.78. The number of H-pyrrole nitrogens is 1. The number of rotatable bonds is 6. The first-order valence-corrected chi connectivity index (χ1v) is 7.64. The molecule has 0 aliphatic carbocycles. The standard InChI is InChI=1S/C9H18N4O2S.C2H6/c1-10-16(14,15)6-9(13(2)3)4-8-5-11-7-12-8;1-2/h5,7,9-10H,4,6H2,1-3H3,(H,11,12);1-2H3. The fourth-order valence-corrected chi connectivity index (χ4v) is 2.47. The van der Waals surface area contributed by atoms with E-state index >= 15 is 0 Å². The lowest BCUT2D eigenvalue weighted by molar-refractivity contribution is 0.311. The zero-order chi connectivity index (χ0) is 14.2. The van der Waals surface area contributed by atoms with Crippen LogP contribution < -0.4 is 4.72 Å². The Labute approximate surface area is 110 Å². The van der Waals surface area contributed by atoms with Crippen molar-refractivity contribution < 1.29 is 8.42 Å². The van der Waals surface area contributed by atoms with Crippen LogP contribution in [0, 0.1) is 0 Å². The van der Waals surface area contributed by atoms with Crippen LogP contribution in [0.1, 0.15) is 19.5 Å². The zero-order valence-electron chi connectivity index (χ0n) is 11.8. The van der Waals surface area contributed by atoms with E-state index in [4.69, 9.17) is 0 Å². The molecule has 0 saturated heterocycles. The largest absolute Gasteiger partial charge is 0.348 e. The van der Waals surface area contributed by atoms with Gasteiger partial charge in [-0.3, -0.25) is 0 Å². The van der Waals surface area contributed by atoms with Gasteiger partial charge in [0.25, 0.3) is 0 Å². The normalized spacial score (nSPS) is 13.0. The smallest absolute Gasteiger partial charge is 0.212 e. The van der Waals surface area contributed by atoms with Crippen LogP contribution in [-0.2, 0) is 16.4 Å². The molecular weight excluding hydrogens is 252 g/mol. The molecule has 1 aromatic heterocycles. The second kappa shape index (κ2) is 8.23. The highest BCUT2D eigenvalue weighted by Gasteiger charge is 2.20. The Hall–Kier alpha value is -0.920. The third-order valence-electron chi connectivity index (χ3n) is 2.46. The van der Waals surface area contributed by atoms with Crippen molar-refractivity contribution in [3.8, 4) is 0 Å². The number of nitrogens with zero attached hydrogens (tertiary/aromatic N) is 2. The van der Waals surface area contributed by atoms with Crippen LogP contribution in [0.4, 0.5) is 0 Å². The second-order valence-electron chi connectivity index (χ2n) is 3.88. The monoisotopic (exact) mass is 276 g/mol. The number of likely N-dealkylation sites (N-methyl/N-ethyl adjacent to an activating group) is 1. The summed E-state index contributed by atoms with van der Waals surface area (Å²) in [6.07, 6.45) is 3.94. The topological polar surface area (TPSA) is 78.1 Å². The maximum atomic E-state index is 11.5. The quantitative estimate of drug-likeness (QED) is 0.791. The average Bonchev–Trinajstić information content (AvgIpc) is 2.83. The maximum Gasteiger partial charge on any atom is 0.212 e. The number of imidazole rings is 1. The van der Waals surface area contributed by atoms with Crippen molar-refractivity contribution in [2.24, 2.45) is 0 Å². The van der Waals surface area contributed by atoms with Gasteiger partial charge in [-0.2, -0.15) is 0 Å². The Morgan fingerprint density at radius 2 is 2.06 bits per heavy atom. The van der Waals surface area contributed by atoms with Crippen molar-refractivity contribution in [2.75, 3.05) is 26.9 Å². The lowest BCUT2D eigenvalue weighted by atomic mass is 10.2. The van der Waals surface area contributed by atoms with Crippen molar-refractivity contribution in [3.63, 3.8) is 0 Å². The average molecular weight is 276 g/mol. The summed E-state index contributed by atoms with van der Waals surface area (Å²) < 4.78 is 25.3. The molecule has 6 nitrogen and oxygen atoms in total. The van der Waals surface area contributed by atoms with Gasteiger partial charge in [0.05, 0.1) is 12.1 Å². The van der Waals surface area contributed by atoms with Crippen LogP contribution in [0.5, 0.6) is 0 Å². The first-order valence-electron chi connectivity index (χ1n) is 5.99. The molecule has 2 N–H and O–H groups in total. The summed E-state index contributed by atoms with van der Waals surface area (Å²) in [7, 11) is 1.97. The highest BCUT2D eigenvalue weighted by molar-refractivity contribution is 7.89. The minimum Gasteiger partial charge on any atom is -0.348 e. The van der Waals surface area contributed by atoms with E-state index in [-0.39, 0.29) is 11.8 Å². The van der Waals surface area contributed by atoms with Gasteiger partial charge in [0, 0.05) is 24.4 Å². The molecule has 7 heteroatoms. The van der Waals surface area contributed by atoms with Gasteiger partial charge in [0.15, 0.2) is 0 Å². The van der Waals surface area contributed by atoms with Gasteiger partial charge < -0.3 is 9.88 Å². The fourth-order valence-electron chi connectivity index (χ4n) is 1.38. The Morgan fingerprint density at radius 3 is 2.44 bits per heavy atom. The summed E-state index contributed by atoms with van der Waals surface area (Å²) in [5.41, 5.74) is 0.935. The van der Waals surface area contributed by atoms with Gasteiger partial charge in [-0.05, 0) is 21.1 Å². The Balaban J connectivity index is 0.00000137. The first kappa shape index (κ1) is 17.1. The lowest BCUT2D eigenvalue weighted by Crippen LogP contribution is -2.39. The van der Waals surface area contributed by atoms with E-state index in [1.54, 1.807) is 12.5 Å². The number of aromatic amines is 1. The van der Waals surface area contributed by atoms with E-state index in [1.165, 1.54) is 7.05 Å². The summed E-state index contributed by atoms with van der Waals surface area (Å²) >= 11 is 0. The first-order chi connectivity index (χ1) is 8.44. The summed E-state index contributed by atoms with van der Waals surface area (Å²) in [6.45, 7) is 4.00. The number of hydrogen-bond acceptors (Lipinski definition) is 4. The molecule has 0 amide bonds. The SMILES string of the molecule is CC.CNS(=O)(=O)CC(Cc1cnc[nH]1)N(C)C. The molecule has 1 aromatic rings. The highest BCUT2D eigenvalue weighted by Crippen LogP contribution is 2.05. The minimum absolute atomic E-state index is 0.0714. The van der Waals surface area contributed by atoms with Gasteiger partial charge in [0.2, 0.25) is 10.0 Å². The molecule has 1 heterocycles. The van der Waals surface area contributed by atoms with Crippen LogP contribution in [0.2, 0.25) is 0 Å². The van der Waals surface area contributed by atoms with Gasteiger partial charge in [-0.25, -0.2) is 18.1 Å². The summed E-state index contributed by atoms with van der Waals surface area (Å²) in [6, 6.07) is -0.0714. The number of sulfonamides is 1. The van der Waals surface area contributed by atoms with Crippen molar-refractivity contribution in [1.29, 1.82) is 0 Å². The number of aromatic nitrogens is 2. The van der Waals surface area contributed by atoms with E-state index in [0.717, 1.165) is 5.69 Å². The van der Waals surface area contributed by atoms with E-state index in [2.05, 4.69) is 14.7 Å². The molecule has 0 spiro atoms. The molecule has 0 aromatic carbocycles. The van der Waals surface area contributed by atoms with Crippen LogP contribution in [0.3, 0.4) is 0 Å². The highest BCUT2D eigenvalue weighted by atomic mass is 32.2. The Bertz CT molecular complexity index is 401. The van der Waals surface area contributed by atoms with E-state index in [0.29, 0.717) is 6.42 Å². The maximum absolute atomic E-state index is 11.5. The predicted molar refractivity (Wildman–Crippen MR) is 74.0 cm³/mol. The van der Waals surface area contributed by atoms with Crippen molar-refractivity contribution in [3.05, 3.63) is 18.2 Å². The van der Waals surface area contributed by atoms with E-state index in [1.807, 2.05) is 32.8 Å². The molecule has 1 unspecified atom stereocenters. The predicted octanol–water partition coefficient (Wildman–Crippen LogP) is 0.458. The fraction of sp³-hybridized carbons (Fsp3) is 0.727.